The molecule has 3 aromatic carbocycles. The van der Waals surface area contributed by atoms with E-state index in [0.29, 0.717) is 18.5 Å². The van der Waals surface area contributed by atoms with E-state index in [-0.39, 0.29) is 65.3 Å². The maximum atomic E-state index is 11.3. The van der Waals surface area contributed by atoms with Gasteiger partial charge in [-0.15, -0.1) is 24.0 Å². The Bertz CT molecular complexity index is 1680. The minimum absolute atomic E-state index is 0. The lowest BCUT2D eigenvalue weighted by molar-refractivity contribution is -0.385. The number of nitro groups is 2. The summed E-state index contributed by atoms with van der Waals surface area (Å²) >= 11 is 0. The van der Waals surface area contributed by atoms with Crippen LogP contribution in [0.4, 0.5) is 17.1 Å². The van der Waals surface area contributed by atoms with Crippen molar-refractivity contribution in [1.82, 2.24) is 0 Å². The summed E-state index contributed by atoms with van der Waals surface area (Å²) in [6, 6.07) is 9.98. The number of phenols is 1. The van der Waals surface area contributed by atoms with E-state index < -0.39 is 56.6 Å². The second kappa shape index (κ2) is 20.3. The molecule has 0 fully saturated rings. The van der Waals surface area contributed by atoms with Crippen LogP contribution in [0.2, 0.25) is 0 Å². The van der Waals surface area contributed by atoms with Crippen LogP contribution in [0.1, 0.15) is 70.6 Å². The van der Waals surface area contributed by atoms with Crippen molar-refractivity contribution in [3.63, 3.8) is 0 Å². The molecule has 18 nitrogen and oxygen atoms in total. The molecule has 258 valence electrons. The number of aromatic hydroxyl groups is 1. The van der Waals surface area contributed by atoms with Crippen LogP contribution >= 0.6 is 24.0 Å². The number of anilines is 1. The second-order valence-electron chi connectivity index (χ2n) is 9.02. The number of esters is 2. The van der Waals surface area contributed by atoms with Crippen molar-refractivity contribution in [3.05, 3.63) is 91.5 Å². The third-order valence-electron chi connectivity index (χ3n) is 5.42. The predicted octanol–water partition coefficient (Wildman–Crippen LogP) is 5.29. The van der Waals surface area contributed by atoms with Gasteiger partial charge in [0.1, 0.15) is 33.9 Å². The molecule has 3 rings (SSSR count). The lowest BCUT2D eigenvalue weighted by Gasteiger charge is -2.07. The molecule has 0 aromatic heterocycles. The number of carbonyl (C=O) groups is 5. The van der Waals surface area contributed by atoms with Gasteiger partial charge < -0.3 is 35.6 Å². The Morgan fingerprint density at radius 3 is 1.44 bits per heavy atom. The fraction of sp³-hybridized carbons (Fsp3) is 0.207. The van der Waals surface area contributed by atoms with Gasteiger partial charge in [0.25, 0.3) is 11.4 Å². The zero-order valence-corrected chi connectivity index (χ0v) is 27.5. The first-order chi connectivity index (χ1) is 22.0. The van der Waals surface area contributed by atoms with Gasteiger partial charge in [-0.05, 0) is 43.2 Å². The number of nitrogen functional groups attached to an aromatic ring is 1. The van der Waals surface area contributed by atoms with E-state index in [1.807, 2.05) is 6.92 Å². The molecular weight excluding hydrogens is 757 g/mol. The third-order valence-corrected chi connectivity index (χ3v) is 5.42. The number of hydrogen-bond donors (Lipinski definition) is 5. The Labute approximate surface area is 288 Å². The molecule has 0 aliphatic carbocycles. The number of aromatic carboxylic acids is 3. The lowest BCUT2D eigenvalue weighted by atomic mass is 10.2. The molecule has 0 heterocycles. The molecule has 0 spiro atoms. The van der Waals surface area contributed by atoms with E-state index in [1.54, 1.807) is 6.92 Å². The molecule has 0 aliphatic rings. The van der Waals surface area contributed by atoms with Gasteiger partial charge in [0.15, 0.2) is 0 Å². The maximum Gasteiger partial charge on any atom is 0.339 e. The Morgan fingerprint density at radius 2 is 1.04 bits per heavy atom. The van der Waals surface area contributed by atoms with Crippen LogP contribution in [-0.4, -0.2) is 60.1 Å². The predicted molar refractivity (Wildman–Crippen MR) is 176 cm³/mol. The second-order valence-corrected chi connectivity index (χ2v) is 9.02. The molecule has 6 N–H and O–H groups in total. The van der Waals surface area contributed by atoms with E-state index in [0.717, 1.165) is 36.4 Å². The number of rotatable bonds is 11. The van der Waals surface area contributed by atoms with Crippen LogP contribution in [0.3, 0.4) is 0 Å². The maximum absolute atomic E-state index is 11.3. The van der Waals surface area contributed by atoms with E-state index in [2.05, 4.69) is 0 Å². The van der Waals surface area contributed by atoms with Gasteiger partial charge in [0, 0.05) is 42.8 Å². The van der Waals surface area contributed by atoms with Crippen molar-refractivity contribution < 1.29 is 63.7 Å². The topological polar surface area (TPSA) is 297 Å². The van der Waals surface area contributed by atoms with Gasteiger partial charge in [0.2, 0.25) is 0 Å². The average molecular weight is 787 g/mol. The molecule has 48 heavy (non-hydrogen) atoms. The zero-order chi connectivity index (χ0) is 35.8. The van der Waals surface area contributed by atoms with Crippen LogP contribution < -0.4 is 15.2 Å². The van der Waals surface area contributed by atoms with Crippen LogP contribution in [-0.2, 0) is 9.59 Å². The minimum atomic E-state index is -1.40. The third kappa shape index (κ3) is 13.6. The quantitative estimate of drug-likeness (QED) is 0.0412. The lowest BCUT2D eigenvalue weighted by Crippen LogP contribution is -2.10. The number of ether oxygens (including phenoxy) is 2. The van der Waals surface area contributed by atoms with Crippen molar-refractivity contribution >= 4 is 70.9 Å². The Hall–Kier alpha value is -5.86. The highest BCUT2D eigenvalue weighted by Gasteiger charge is 2.19. The largest absolute Gasteiger partial charge is 0.507 e. The molecule has 0 bridgehead atoms. The Kier molecular flexibility index (Phi) is 17.8. The van der Waals surface area contributed by atoms with Gasteiger partial charge in [-0.1, -0.05) is 13.8 Å². The number of benzene rings is 3. The Morgan fingerprint density at radius 1 is 0.667 bits per heavy atom. The highest BCUT2D eigenvalue weighted by molar-refractivity contribution is 14.0. The molecule has 0 atom stereocenters. The van der Waals surface area contributed by atoms with E-state index >= 15 is 0 Å². The highest BCUT2D eigenvalue weighted by atomic mass is 127. The smallest absolute Gasteiger partial charge is 0.339 e. The first-order valence-corrected chi connectivity index (χ1v) is 13.3. The van der Waals surface area contributed by atoms with Crippen molar-refractivity contribution in [2.75, 3.05) is 5.73 Å². The van der Waals surface area contributed by atoms with Crippen LogP contribution in [0.15, 0.2) is 54.6 Å². The first-order valence-electron chi connectivity index (χ1n) is 13.3. The highest BCUT2D eigenvalue weighted by Crippen LogP contribution is 2.25. The monoisotopic (exact) mass is 787 g/mol. The summed E-state index contributed by atoms with van der Waals surface area (Å²) in [4.78, 5) is 74.0. The zero-order valence-electron chi connectivity index (χ0n) is 25.2. The number of nitrogens with two attached hydrogens (primary N) is 1. The number of nitrogens with zero attached hydrogens (tertiary/aromatic N) is 2. The minimum Gasteiger partial charge on any atom is -0.507 e. The standard InChI is InChI=1S/C11H11NO6.C11H13NO4.C7H5NO5.HI/c1-2-3-10(13)18-9-5-4-7(12(16)17)6-8(9)11(14)15;1-2-3-10(13)16-9-5-4-7(12)6-8(9)11(14)15;9-6-2-1-4(8(12)13)3-5(6)7(10)11;/h4-6H,2-3H2,1H3,(H,14,15);4-6H,2-3,12H2,1H3,(H,14,15);1-3,9H,(H,10,11);1H. The normalized spacial score (nSPS) is 9.54. The summed E-state index contributed by atoms with van der Waals surface area (Å²) in [5.41, 5.74) is 4.03. The number of hydrogen-bond acceptors (Lipinski definition) is 13. The number of non-ortho nitro benzene ring substituents is 2. The summed E-state index contributed by atoms with van der Waals surface area (Å²) < 4.78 is 9.77. The summed E-state index contributed by atoms with van der Waals surface area (Å²) in [6.45, 7) is 3.61. The summed E-state index contributed by atoms with van der Waals surface area (Å²) in [7, 11) is 0. The molecule has 3 aromatic rings. The summed E-state index contributed by atoms with van der Waals surface area (Å²) in [6.07, 6.45) is 1.61. The summed E-state index contributed by atoms with van der Waals surface area (Å²) in [5, 5.41) is 56.0. The van der Waals surface area contributed by atoms with Crippen LogP contribution in [0.5, 0.6) is 17.2 Å². The number of carbonyl (C=O) groups excluding carboxylic acids is 2. The summed E-state index contributed by atoms with van der Waals surface area (Å²) in [5.74, 6) is -5.64. The average Bonchev–Trinajstić information content (AvgIpc) is 2.98. The number of carboxylic acid groups (broad SMARTS) is 3. The number of carboxylic acids is 3. The Balaban J connectivity index is 0.000000692. The molecule has 0 saturated carbocycles. The molecule has 0 aliphatic heterocycles. The molecule has 0 unspecified atom stereocenters. The first kappa shape index (κ1) is 42.1. The molecule has 0 saturated heterocycles. The van der Waals surface area contributed by atoms with Crippen LogP contribution in [0.25, 0.3) is 0 Å². The van der Waals surface area contributed by atoms with Gasteiger partial charge in [0.05, 0.1) is 9.85 Å². The van der Waals surface area contributed by atoms with E-state index in [9.17, 15) is 44.2 Å². The van der Waals surface area contributed by atoms with Gasteiger partial charge in [-0.3, -0.25) is 29.8 Å². The van der Waals surface area contributed by atoms with Crippen LogP contribution in [0, 0.1) is 20.2 Å². The molecule has 0 radical (unpaired) electrons. The number of nitro benzene ring substituents is 2. The van der Waals surface area contributed by atoms with Crippen molar-refractivity contribution in [3.8, 4) is 17.2 Å². The van der Waals surface area contributed by atoms with E-state index in [1.165, 1.54) is 18.2 Å². The van der Waals surface area contributed by atoms with E-state index in [4.69, 9.17) is 35.6 Å². The molecule has 19 heteroatoms. The fourth-order valence-electron chi connectivity index (χ4n) is 3.26. The fourth-order valence-corrected chi connectivity index (χ4v) is 3.26. The van der Waals surface area contributed by atoms with Gasteiger partial charge >= 0.3 is 29.8 Å². The van der Waals surface area contributed by atoms with Crippen molar-refractivity contribution in [2.24, 2.45) is 0 Å². The SMILES string of the molecule is CCCC(=O)Oc1ccc(N)cc1C(=O)O.CCCC(=O)Oc1ccc([N+](=O)[O-])cc1C(=O)O.I.O=C(O)c1cc([N+](=O)[O-])ccc1O. The number of halogens is 1. The van der Waals surface area contributed by atoms with Crippen molar-refractivity contribution in [1.29, 1.82) is 0 Å². The van der Waals surface area contributed by atoms with Gasteiger partial charge in [-0.25, -0.2) is 14.4 Å². The molecule has 0 amide bonds. The molecular formula is C29H30IN3O15. The van der Waals surface area contributed by atoms with Crippen molar-refractivity contribution in [2.45, 2.75) is 39.5 Å². The van der Waals surface area contributed by atoms with Gasteiger partial charge in [-0.2, -0.15) is 0 Å².